The number of hydrogen-bond donors (Lipinski definition) is 1. The number of fused-ring (bicyclic) bond motifs is 1. The molecule has 3 heterocycles. The van der Waals surface area contributed by atoms with Crippen LogP contribution in [0.5, 0.6) is 0 Å². The van der Waals surface area contributed by atoms with Crippen LogP contribution >= 0.6 is 0 Å². The van der Waals surface area contributed by atoms with Crippen molar-refractivity contribution in [2.45, 2.75) is 40.5 Å². The highest BCUT2D eigenvalue weighted by Gasteiger charge is 2.25. The number of aryl methyl sites for hydroxylation is 3. The van der Waals surface area contributed by atoms with E-state index >= 15 is 0 Å². The molecular formula is C28H28N6O2. The first kappa shape index (κ1) is 23.4. The van der Waals surface area contributed by atoms with E-state index in [1.165, 1.54) is 5.56 Å². The van der Waals surface area contributed by atoms with Crippen molar-refractivity contribution in [3.8, 4) is 5.95 Å². The molecule has 2 amide bonds. The van der Waals surface area contributed by atoms with Gasteiger partial charge in [0.1, 0.15) is 0 Å². The van der Waals surface area contributed by atoms with Crippen LogP contribution in [0, 0.1) is 27.7 Å². The Morgan fingerprint density at radius 3 is 2.36 bits per heavy atom. The van der Waals surface area contributed by atoms with E-state index in [-0.39, 0.29) is 18.2 Å². The Kier molecular flexibility index (Phi) is 6.10. The molecule has 8 nitrogen and oxygen atoms in total. The minimum absolute atomic E-state index is 0.0369. The van der Waals surface area contributed by atoms with Crippen LogP contribution in [0.25, 0.3) is 5.95 Å². The monoisotopic (exact) mass is 480 g/mol. The summed E-state index contributed by atoms with van der Waals surface area (Å²) in [5.74, 6) is 0.306. The van der Waals surface area contributed by atoms with Crippen molar-refractivity contribution >= 4 is 23.2 Å². The molecule has 0 bridgehead atoms. The summed E-state index contributed by atoms with van der Waals surface area (Å²) in [6, 6.07) is 16.9. The lowest BCUT2D eigenvalue weighted by Crippen LogP contribution is -2.28. The SMILES string of the molecule is Cc1cc(C)nc(-n2nc(C)c(CC(=O)Nc3ccc(C(=O)N4CCc5ccccc54)cc3)c2C)n1. The van der Waals surface area contributed by atoms with Gasteiger partial charge in [-0.05, 0) is 76.1 Å². The van der Waals surface area contributed by atoms with Crippen molar-refractivity contribution in [2.75, 3.05) is 16.8 Å². The highest BCUT2D eigenvalue weighted by atomic mass is 16.2. The minimum atomic E-state index is -0.158. The molecule has 1 aliphatic rings. The lowest BCUT2D eigenvalue weighted by molar-refractivity contribution is -0.115. The smallest absolute Gasteiger partial charge is 0.258 e. The maximum absolute atomic E-state index is 13.0. The molecule has 1 N–H and O–H groups in total. The fraction of sp³-hybridized carbons (Fsp3) is 0.250. The van der Waals surface area contributed by atoms with Crippen LogP contribution in [0.2, 0.25) is 0 Å². The largest absolute Gasteiger partial charge is 0.326 e. The standard InChI is InChI=1S/C28H28N6O2/c1-17-15-18(2)30-28(29-17)34-20(4)24(19(3)32-34)16-26(35)31-23-11-9-22(10-12-23)27(36)33-14-13-21-7-5-6-8-25(21)33/h5-12,15H,13-14,16H2,1-4H3,(H,31,35). The highest BCUT2D eigenvalue weighted by Crippen LogP contribution is 2.29. The van der Waals surface area contributed by atoms with Gasteiger partial charge < -0.3 is 10.2 Å². The van der Waals surface area contributed by atoms with E-state index in [0.29, 0.717) is 23.7 Å². The first-order valence-electron chi connectivity index (χ1n) is 12.0. The fourth-order valence-corrected chi connectivity index (χ4v) is 4.69. The Labute approximate surface area is 210 Å². The molecule has 4 aromatic rings. The second-order valence-corrected chi connectivity index (χ2v) is 9.15. The number of anilines is 2. The number of nitrogens with zero attached hydrogens (tertiary/aromatic N) is 5. The van der Waals surface area contributed by atoms with Gasteiger partial charge in [-0.25, -0.2) is 14.6 Å². The molecule has 0 saturated heterocycles. The van der Waals surface area contributed by atoms with E-state index in [0.717, 1.165) is 40.4 Å². The van der Waals surface area contributed by atoms with E-state index < -0.39 is 0 Å². The highest BCUT2D eigenvalue weighted by molar-refractivity contribution is 6.07. The summed E-state index contributed by atoms with van der Waals surface area (Å²) >= 11 is 0. The summed E-state index contributed by atoms with van der Waals surface area (Å²) in [5, 5.41) is 7.51. The average Bonchev–Trinajstić information content (AvgIpc) is 3.40. The van der Waals surface area contributed by atoms with Crippen LogP contribution in [0.1, 0.15) is 44.3 Å². The molecule has 8 heteroatoms. The van der Waals surface area contributed by atoms with Gasteiger partial charge >= 0.3 is 0 Å². The van der Waals surface area contributed by atoms with Crippen molar-refractivity contribution < 1.29 is 9.59 Å². The topological polar surface area (TPSA) is 93.0 Å². The molecule has 36 heavy (non-hydrogen) atoms. The Bertz CT molecular complexity index is 1450. The number of benzene rings is 2. The zero-order valence-electron chi connectivity index (χ0n) is 20.9. The molecule has 0 saturated carbocycles. The van der Waals surface area contributed by atoms with Gasteiger partial charge in [0.25, 0.3) is 11.9 Å². The van der Waals surface area contributed by atoms with E-state index in [2.05, 4.69) is 26.4 Å². The molecule has 0 unspecified atom stereocenters. The van der Waals surface area contributed by atoms with E-state index in [1.807, 2.05) is 56.9 Å². The number of aromatic nitrogens is 4. The van der Waals surface area contributed by atoms with E-state index in [4.69, 9.17) is 0 Å². The predicted octanol–water partition coefficient (Wildman–Crippen LogP) is 4.28. The van der Waals surface area contributed by atoms with Crippen LogP contribution in [0.3, 0.4) is 0 Å². The molecular weight excluding hydrogens is 452 g/mol. The Morgan fingerprint density at radius 1 is 0.944 bits per heavy atom. The Morgan fingerprint density at radius 2 is 1.64 bits per heavy atom. The van der Waals surface area contributed by atoms with Gasteiger partial charge in [-0.1, -0.05) is 18.2 Å². The molecule has 2 aromatic heterocycles. The van der Waals surface area contributed by atoms with Crippen LogP contribution in [0.15, 0.2) is 54.6 Å². The third-order valence-electron chi connectivity index (χ3n) is 6.49. The first-order valence-corrected chi connectivity index (χ1v) is 12.0. The molecule has 182 valence electrons. The Balaban J connectivity index is 1.27. The molecule has 0 atom stereocenters. The molecule has 0 radical (unpaired) electrons. The van der Waals surface area contributed by atoms with Crippen molar-refractivity contribution in [1.29, 1.82) is 0 Å². The van der Waals surface area contributed by atoms with Gasteiger partial charge in [0.05, 0.1) is 12.1 Å². The zero-order valence-corrected chi connectivity index (χ0v) is 20.9. The molecule has 0 spiro atoms. The molecule has 1 aliphatic heterocycles. The first-order chi connectivity index (χ1) is 17.3. The number of hydrogen-bond acceptors (Lipinski definition) is 5. The molecule has 5 rings (SSSR count). The second-order valence-electron chi connectivity index (χ2n) is 9.15. The van der Waals surface area contributed by atoms with Gasteiger partial charge in [-0.15, -0.1) is 0 Å². The third-order valence-corrected chi connectivity index (χ3v) is 6.49. The normalized spacial score (nSPS) is 12.5. The maximum Gasteiger partial charge on any atom is 0.258 e. The molecule has 2 aromatic carbocycles. The van der Waals surface area contributed by atoms with Gasteiger partial charge in [0, 0.05) is 46.1 Å². The number of carbonyl (C=O) groups is 2. The quantitative estimate of drug-likeness (QED) is 0.460. The van der Waals surface area contributed by atoms with E-state index in [9.17, 15) is 9.59 Å². The van der Waals surface area contributed by atoms with Gasteiger partial charge in [-0.2, -0.15) is 5.10 Å². The summed E-state index contributed by atoms with van der Waals surface area (Å²) in [7, 11) is 0. The lowest BCUT2D eigenvalue weighted by Gasteiger charge is -2.17. The summed E-state index contributed by atoms with van der Waals surface area (Å²) in [6.07, 6.45) is 1.04. The average molecular weight is 481 g/mol. The van der Waals surface area contributed by atoms with Gasteiger partial charge in [0.15, 0.2) is 0 Å². The molecule has 0 aliphatic carbocycles. The van der Waals surface area contributed by atoms with Gasteiger partial charge in [-0.3, -0.25) is 9.59 Å². The summed E-state index contributed by atoms with van der Waals surface area (Å²) in [6.45, 7) is 8.31. The van der Waals surface area contributed by atoms with Crippen molar-refractivity contribution in [3.63, 3.8) is 0 Å². The summed E-state index contributed by atoms with van der Waals surface area (Å²) < 4.78 is 1.69. The number of para-hydroxylation sites is 1. The van der Waals surface area contributed by atoms with Crippen molar-refractivity contribution in [1.82, 2.24) is 19.7 Å². The van der Waals surface area contributed by atoms with Crippen molar-refractivity contribution in [2.24, 2.45) is 0 Å². The summed E-state index contributed by atoms with van der Waals surface area (Å²) in [4.78, 5) is 36.7. The number of carbonyl (C=O) groups excluding carboxylic acids is 2. The lowest BCUT2D eigenvalue weighted by atomic mass is 10.1. The second kappa shape index (κ2) is 9.37. The fourth-order valence-electron chi connectivity index (χ4n) is 4.69. The van der Waals surface area contributed by atoms with Crippen LogP contribution in [0.4, 0.5) is 11.4 Å². The minimum Gasteiger partial charge on any atom is -0.326 e. The van der Waals surface area contributed by atoms with Crippen LogP contribution < -0.4 is 10.2 Å². The molecule has 0 fully saturated rings. The van der Waals surface area contributed by atoms with Crippen molar-refractivity contribution in [3.05, 3.63) is 94.1 Å². The Hall–Kier alpha value is -4.33. The third kappa shape index (κ3) is 4.49. The van der Waals surface area contributed by atoms with Crippen LogP contribution in [-0.4, -0.2) is 38.1 Å². The summed E-state index contributed by atoms with van der Waals surface area (Å²) in [5.41, 5.74) is 7.54. The number of rotatable bonds is 5. The predicted molar refractivity (Wildman–Crippen MR) is 139 cm³/mol. The van der Waals surface area contributed by atoms with E-state index in [1.54, 1.807) is 28.9 Å². The maximum atomic E-state index is 13.0. The zero-order chi connectivity index (χ0) is 25.4. The van der Waals surface area contributed by atoms with Crippen LogP contribution in [-0.2, 0) is 17.6 Å². The number of nitrogens with one attached hydrogen (secondary N) is 1. The number of amides is 2. The van der Waals surface area contributed by atoms with Gasteiger partial charge in [0.2, 0.25) is 5.91 Å².